The molecule has 4 heteroatoms. The molecule has 0 radical (unpaired) electrons. The molecule has 22 heavy (non-hydrogen) atoms. The van der Waals surface area contributed by atoms with Crippen molar-refractivity contribution in [2.75, 3.05) is 13.2 Å². The smallest absolute Gasteiger partial charge is 0.126 e. The molecule has 0 spiro atoms. The van der Waals surface area contributed by atoms with Gasteiger partial charge in [-0.05, 0) is 29.9 Å². The number of fused-ring (bicyclic) bond motifs is 1. The van der Waals surface area contributed by atoms with Gasteiger partial charge in [-0.3, -0.25) is 0 Å². The number of hydrogen-bond donors (Lipinski definition) is 2. The van der Waals surface area contributed by atoms with Crippen molar-refractivity contribution in [3.8, 4) is 0 Å². The monoisotopic (exact) mass is 318 g/mol. The highest BCUT2D eigenvalue weighted by molar-refractivity contribution is 7.09. The molecule has 1 aliphatic rings. The molecule has 118 valence electrons. The van der Waals surface area contributed by atoms with Gasteiger partial charge in [-0.15, -0.1) is 11.3 Å². The van der Waals surface area contributed by atoms with Crippen molar-refractivity contribution in [1.82, 2.24) is 0 Å². The molecular weight excluding hydrogens is 294 g/mol. The third-order valence-corrected chi connectivity index (χ3v) is 5.09. The third-order valence-electron chi connectivity index (χ3n) is 4.24. The summed E-state index contributed by atoms with van der Waals surface area (Å²) in [5.74, 6) is 0. The summed E-state index contributed by atoms with van der Waals surface area (Å²) in [6.07, 6.45) is 3.21. The Kier molecular flexibility index (Phi) is 5.62. The van der Waals surface area contributed by atoms with Gasteiger partial charge < -0.3 is 15.2 Å². The first-order valence-corrected chi connectivity index (χ1v) is 8.90. The van der Waals surface area contributed by atoms with Gasteiger partial charge in [-0.2, -0.15) is 0 Å². The molecule has 1 aromatic carbocycles. The Labute approximate surface area is 136 Å². The van der Waals surface area contributed by atoms with Gasteiger partial charge in [0.05, 0.1) is 13.2 Å². The maximum absolute atomic E-state index is 10.1. The highest BCUT2D eigenvalue weighted by Crippen LogP contribution is 2.26. The van der Waals surface area contributed by atoms with Crippen LogP contribution in [0.5, 0.6) is 0 Å². The topological polar surface area (TPSA) is 46.1 Å². The molecule has 1 aromatic heterocycles. The Morgan fingerprint density at radius 3 is 3.05 bits per heavy atom. The zero-order chi connectivity index (χ0) is 15.2. The number of quaternary nitrogens is 1. The van der Waals surface area contributed by atoms with Gasteiger partial charge in [0.2, 0.25) is 0 Å². The number of ether oxygens (including phenoxy) is 1. The van der Waals surface area contributed by atoms with Crippen LogP contribution in [0.2, 0.25) is 0 Å². The van der Waals surface area contributed by atoms with Gasteiger partial charge in [0.25, 0.3) is 0 Å². The van der Waals surface area contributed by atoms with E-state index < -0.39 is 6.10 Å². The summed E-state index contributed by atoms with van der Waals surface area (Å²) in [6.45, 7) is 1.70. The van der Waals surface area contributed by atoms with Crippen molar-refractivity contribution in [1.29, 1.82) is 0 Å². The first-order valence-electron chi connectivity index (χ1n) is 8.02. The van der Waals surface area contributed by atoms with Crippen molar-refractivity contribution in [3.05, 3.63) is 57.8 Å². The van der Waals surface area contributed by atoms with Crippen LogP contribution in [0.1, 0.15) is 34.9 Å². The lowest BCUT2D eigenvalue weighted by Gasteiger charge is -2.24. The van der Waals surface area contributed by atoms with Gasteiger partial charge in [-0.1, -0.05) is 30.3 Å². The zero-order valence-electron chi connectivity index (χ0n) is 12.8. The quantitative estimate of drug-likeness (QED) is 0.822. The van der Waals surface area contributed by atoms with Gasteiger partial charge in [0.15, 0.2) is 0 Å². The van der Waals surface area contributed by atoms with E-state index in [1.807, 2.05) is 11.4 Å². The van der Waals surface area contributed by atoms with E-state index in [9.17, 15) is 5.11 Å². The molecule has 0 bridgehead atoms. The summed E-state index contributed by atoms with van der Waals surface area (Å²) >= 11 is 1.69. The Hall–Kier alpha value is -1.20. The van der Waals surface area contributed by atoms with E-state index in [-0.39, 0.29) is 0 Å². The van der Waals surface area contributed by atoms with Crippen LogP contribution in [-0.2, 0) is 17.8 Å². The van der Waals surface area contributed by atoms with Crippen LogP contribution in [0, 0.1) is 0 Å². The van der Waals surface area contributed by atoms with Gasteiger partial charge in [0, 0.05) is 16.9 Å². The largest absolute Gasteiger partial charge is 0.385 e. The van der Waals surface area contributed by atoms with Crippen LogP contribution in [0.3, 0.4) is 0 Å². The lowest BCUT2D eigenvalue weighted by atomic mass is 9.88. The number of aliphatic hydroxyl groups is 1. The van der Waals surface area contributed by atoms with Crippen LogP contribution in [0.4, 0.5) is 0 Å². The summed E-state index contributed by atoms with van der Waals surface area (Å²) in [6, 6.07) is 13.3. The molecule has 0 aliphatic heterocycles. The number of nitrogens with two attached hydrogens (primary N) is 1. The van der Waals surface area contributed by atoms with Crippen LogP contribution < -0.4 is 5.32 Å². The average Bonchev–Trinajstić information content (AvgIpc) is 3.06. The van der Waals surface area contributed by atoms with Crippen molar-refractivity contribution in [2.24, 2.45) is 0 Å². The standard InChI is InChI=1S/C18H23NO2S/c20-15(12-21-13-16-7-4-10-22-16)11-19-18-9-3-6-14-5-1-2-8-17(14)18/h1-2,4-5,7-8,10,15,18-20H,3,6,9,11-13H2/p+1/t15-,18+/m0/s1. The summed E-state index contributed by atoms with van der Waals surface area (Å²) in [7, 11) is 0. The minimum absolute atomic E-state index is 0.406. The molecule has 0 saturated heterocycles. The molecule has 3 rings (SSSR count). The van der Waals surface area contributed by atoms with E-state index in [0.717, 1.165) is 0 Å². The Morgan fingerprint density at radius 2 is 2.18 bits per heavy atom. The molecular formula is C18H24NO2S+. The Bertz CT molecular complexity index is 570. The van der Waals surface area contributed by atoms with E-state index in [2.05, 4.69) is 35.6 Å². The van der Waals surface area contributed by atoms with Crippen molar-refractivity contribution < 1.29 is 15.2 Å². The van der Waals surface area contributed by atoms with E-state index in [4.69, 9.17) is 4.74 Å². The molecule has 2 aromatic rings. The van der Waals surface area contributed by atoms with Crippen LogP contribution in [-0.4, -0.2) is 24.4 Å². The molecule has 1 aliphatic carbocycles. The number of benzene rings is 1. The van der Waals surface area contributed by atoms with Crippen molar-refractivity contribution >= 4 is 11.3 Å². The minimum Gasteiger partial charge on any atom is -0.385 e. The second-order valence-electron chi connectivity index (χ2n) is 5.92. The molecule has 0 saturated carbocycles. The fourth-order valence-electron chi connectivity index (χ4n) is 3.12. The van der Waals surface area contributed by atoms with Gasteiger partial charge in [0.1, 0.15) is 18.7 Å². The summed E-state index contributed by atoms with van der Waals surface area (Å²) in [4.78, 5) is 1.21. The Balaban J connectivity index is 1.42. The fourth-order valence-corrected chi connectivity index (χ4v) is 3.76. The van der Waals surface area contributed by atoms with Gasteiger partial charge in [-0.25, -0.2) is 0 Å². The van der Waals surface area contributed by atoms with E-state index in [0.29, 0.717) is 25.8 Å². The average molecular weight is 318 g/mol. The lowest BCUT2D eigenvalue weighted by Crippen LogP contribution is -2.87. The highest BCUT2D eigenvalue weighted by Gasteiger charge is 2.23. The predicted molar refractivity (Wildman–Crippen MR) is 88.9 cm³/mol. The maximum atomic E-state index is 10.1. The van der Waals surface area contributed by atoms with E-state index in [1.165, 1.54) is 35.3 Å². The minimum atomic E-state index is -0.408. The molecule has 0 amide bonds. The summed E-state index contributed by atoms with van der Waals surface area (Å²) in [5, 5.41) is 14.4. The third kappa shape index (κ3) is 4.17. The molecule has 3 N–H and O–H groups in total. The normalized spacial score (nSPS) is 18.9. The summed E-state index contributed by atoms with van der Waals surface area (Å²) < 4.78 is 5.59. The number of hydrogen-bond acceptors (Lipinski definition) is 3. The predicted octanol–water partition coefficient (Wildman–Crippen LogP) is 2.27. The van der Waals surface area contributed by atoms with Crippen LogP contribution >= 0.6 is 11.3 Å². The SMILES string of the molecule is O[C@@H](C[NH2+][C@@H]1CCCc2ccccc21)COCc1cccs1. The molecule has 3 nitrogen and oxygen atoms in total. The van der Waals surface area contributed by atoms with Gasteiger partial charge >= 0.3 is 0 Å². The lowest BCUT2D eigenvalue weighted by molar-refractivity contribution is -0.703. The zero-order valence-corrected chi connectivity index (χ0v) is 13.6. The first-order chi connectivity index (χ1) is 10.8. The molecule has 1 heterocycles. The molecule has 2 atom stereocenters. The second-order valence-corrected chi connectivity index (χ2v) is 6.95. The van der Waals surface area contributed by atoms with Crippen molar-refractivity contribution in [3.63, 3.8) is 0 Å². The fraction of sp³-hybridized carbons (Fsp3) is 0.444. The molecule has 0 fully saturated rings. The summed E-state index contributed by atoms with van der Waals surface area (Å²) in [5.41, 5.74) is 2.92. The Morgan fingerprint density at radius 1 is 1.27 bits per heavy atom. The number of thiophene rings is 1. The maximum Gasteiger partial charge on any atom is 0.126 e. The van der Waals surface area contributed by atoms with E-state index >= 15 is 0 Å². The van der Waals surface area contributed by atoms with Crippen LogP contribution in [0.15, 0.2) is 41.8 Å². The first kappa shape index (κ1) is 15.7. The van der Waals surface area contributed by atoms with E-state index in [1.54, 1.807) is 11.3 Å². The number of aryl methyl sites for hydroxylation is 1. The highest BCUT2D eigenvalue weighted by atomic mass is 32.1. The molecule has 0 unspecified atom stereocenters. The van der Waals surface area contributed by atoms with Crippen LogP contribution in [0.25, 0.3) is 0 Å². The second kappa shape index (κ2) is 7.88. The van der Waals surface area contributed by atoms with Crippen molar-refractivity contribution in [2.45, 2.75) is 38.0 Å². The number of rotatable bonds is 7. The number of aliphatic hydroxyl groups excluding tert-OH is 1.